The van der Waals surface area contributed by atoms with Crippen molar-refractivity contribution in [2.45, 2.75) is 20.1 Å². The highest BCUT2D eigenvalue weighted by Crippen LogP contribution is 2.24. The molecule has 0 unspecified atom stereocenters. The van der Waals surface area contributed by atoms with Crippen molar-refractivity contribution in [1.82, 2.24) is 9.78 Å². The standard InChI is InChI=1S/C22H21N3O5/c1-3-24-13-12-20(23-24)21(26)10-4-16-5-11-22(29-2)17(14-16)15-30-19-8-6-18(7-9-19)25(27)28/h4-14H,3,15H2,1-2H3/b10-4+. The SMILES string of the molecule is CCn1ccc(C(=O)/C=C/c2ccc(OC)c(COc3ccc([N+](=O)[O-])cc3)c2)n1. The Hall–Kier alpha value is -3.94. The lowest BCUT2D eigenvalue weighted by Crippen LogP contribution is -2.00. The Bertz CT molecular complexity index is 1070. The third kappa shape index (κ3) is 5.11. The number of non-ortho nitro benzene ring substituents is 1. The van der Waals surface area contributed by atoms with Gasteiger partial charge in [-0.3, -0.25) is 19.6 Å². The van der Waals surface area contributed by atoms with Crippen molar-refractivity contribution in [1.29, 1.82) is 0 Å². The number of benzene rings is 2. The largest absolute Gasteiger partial charge is 0.496 e. The van der Waals surface area contributed by atoms with E-state index in [1.807, 2.05) is 19.1 Å². The van der Waals surface area contributed by atoms with Crippen LogP contribution in [-0.2, 0) is 13.2 Å². The van der Waals surface area contributed by atoms with Gasteiger partial charge in [0.05, 0.1) is 12.0 Å². The van der Waals surface area contributed by atoms with Gasteiger partial charge < -0.3 is 9.47 Å². The number of nitro groups is 1. The summed E-state index contributed by atoms with van der Waals surface area (Å²) in [5, 5.41) is 14.9. The Morgan fingerprint density at radius 3 is 2.60 bits per heavy atom. The van der Waals surface area contributed by atoms with E-state index in [1.54, 1.807) is 48.3 Å². The first kappa shape index (κ1) is 20.8. The summed E-state index contributed by atoms with van der Waals surface area (Å²) in [7, 11) is 1.56. The second-order valence-electron chi connectivity index (χ2n) is 6.37. The van der Waals surface area contributed by atoms with Gasteiger partial charge in [-0.15, -0.1) is 0 Å². The van der Waals surface area contributed by atoms with E-state index in [9.17, 15) is 14.9 Å². The fraction of sp³-hybridized carbons (Fsp3) is 0.182. The molecule has 1 heterocycles. The highest BCUT2D eigenvalue weighted by atomic mass is 16.6. The molecule has 0 atom stereocenters. The van der Waals surface area contributed by atoms with Gasteiger partial charge in [-0.25, -0.2) is 0 Å². The van der Waals surface area contributed by atoms with Gasteiger partial charge in [0.15, 0.2) is 0 Å². The zero-order valence-corrected chi connectivity index (χ0v) is 16.6. The average molecular weight is 407 g/mol. The maximum absolute atomic E-state index is 12.3. The molecule has 30 heavy (non-hydrogen) atoms. The quantitative estimate of drug-likeness (QED) is 0.227. The van der Waals surface area contributed by atoms with Crippen LogP contribution in [0.15, 0.2) is 60.8 Å². The van der Waals surface area contributed by atoms with Crippen LogP contribution in [-0.4, -0.2) is 27.6 Å². The summed E-state index contributed by atoms with van der Waals surface area (Å²) in [5.74, 6) is 0.967. The third-order valence-electron chi connectivity index (χ3n) is 4.39. The zero-order chi connectivity index (χ0) is 21.5. The van der Waals surface area contributed by atoms with Crippen LogP contribution >= 0.6 is 0 Å². The Morgan fingerprint density at radius 2 is 1.97 bits per heavy atom. The van der Waals surface area contributed by atoms with Gasteiger partial charge in [-0.05, 0) is 48.9 Å². The number of methoxy groups -OCH3 is 1. The predicted molar refractivity (Wildman–Crippen MR) is 112 cm³/mol. The molecule has 0 bridgehead atoms. The molecule has 0 aliphatic rings. The number of carbonyl (C=O) groups excluding carboxylic acids is 1. The topological polar surface area (TPSA) is 96.5 Å². The van der Waals surface area contributed by atoms with Gasteiger partial charge in [-0.1, -0.05) is 12.1 Å². The first-order valence-corrected chi connectivity index (χ1v) is 9.30. The van der Waals surface area contributed by atoms with Crippen LogP contribution in [0.5, 0.6) is 11.5 Å². The summed E-state index contributed by atoms with van der Waals surface area (Å²) < 4.78 is 12.8. The average Bonchev–Trinajstić information content (AvgIpc) is 3.26. The molecule has 0 saturated heterocycles. The number of hydrogen-bond donors (Lipinski definition) is 0. The summed E-state index contributed by atoms with van der Waals surface area (Å²) in [6.07, 6.45) is 4.95. The molecule has 0 spiro atoms. The molecule has 0 amide bonds. The van der Waals surface area contributed by atoms with Crippen molar-refractivity contribution in [3.8, 4) is 11.5 Å². The van der Waals surface area contributed by atoms with Crippen LogP contribution in [0.3, 0.4) is 0 Å². The number of carbonyl (C=O) groups is 1. The first-order chi connectivity index (χ1) is 14.5. The molecule has 3 aromatic rings. The van der Waals surface area contributed by atoms with Gasteiger partial charge in [0.25, 0.3) is 5.69 Å². The predicted octanol–water partition coefficient (Wildman–Crippen LogP) is 4.29. The minimum Gasteiger partial charge on any atom is -0.496 e. The van der Waals surface area contributed by atoms with E-state index >= 15 is 0 Å². The van der Waals surface area contributed by atoms with Gasteiger partial charge in [0.1, 0.15) is 23.8 Å². The molecular weight excluding hydrogens is 386 g/mol. The number of hydrogen-bond acceptors (Lipinski definition) is 6. The number of ether oxygens (including phenoxy) is 2. The molecule has 154 valence electrons. The van der Waals surface area contributed by atoms with E-state index in [1.165, 1.54) is 18.2 Å². The molecule has 0 N–H and O–H groups in total. The van der Waals surface area contributed by atoms with Gasteiger partial charge in [0.2, 0.25) is 5.78 Å². The van der Waals surface area contributed by atoms with E-state index in [-0.39, 0.29) is 18.1 Å². The lowest BCUT2D eigenvalue weighted by atomic mass is 10.1. The van der Waals surface area contributed by atoms with E-state index < -0.39 is 4.92 Å². The molecule has 8 heteroatoms. The van der Waals surface area contributed by atoms with Crippen LogP contribution in [0, 0.1) is 10.1 Å². The Kier molecular flexibility index (Phi) is 6.59. The first-order valence-electron chi connectivity index (χ1n) is 9.30. The number of allylic oxidation sites excluding steroid dienone is 1. The Labute approximate surface area is 173 Å². The maximum Gasteiger partial charge on any atom is 0.269 e. The molecule has 1 aromatic heterocycles. The van der Waals surface area contributed by atoms with Crippen LogP contribution in [0.1, 0.15) is 28.5 Å². The molecular formula is C22H21N3O5. The van der Waals surface area contributed by atoms with E-state index in [0.29, 0.717) is 23.7 Å². The van der Waals surface area contributed by atoms with Crippen molar-refractivity contribution >= 4 is 17.5 Å². The Morgan fingerprint density at radius 1 is 1.20 bits per heavy atom. The lowest BCUT2D eigenvalue weighted by molar-refractivity contribution is -0.384. The van der Waals surface area contributed by atoms with Crippen LogP contribution in [0.4, 0.5) is 5.69 Å². The number of aryl methyl sites for hydroxylation is 1. The molecule has 0 fully saturated rings. The monoisotopic (exact) mass is 407 g/mol. The smallest absolute Gasteiger partial charge is 0.269 e. The Balaban J connectivity index is 1.71. The van der Waals surface area contributed by atoms with Crippen molar-refractivity contribution in [3.63, 3.8) is 0 Å². The molecule has 0 aliphatic heterocycles. The molecule has 2 aromatic carbocycles. The number of nitro benzene ring substituents is 1. The third-order valence-corrected chi connectivity index (χ3v) is 4.39. The minimum atomic E-state index is -0.462. The second kappa shape index (κ2) is 9.51. The van der Waals surface area contributed by atoms with Crippen molar-refractivity contribution < 1.29 is 19.2 Å². The second-order valence-corrected chi connectivity index (χ2v) is 6.37. The van der Waals surface area contributed by atoms with Crippen LogP contribution < -0.4 is 9.47 Å². The highest BCUT2D eigenvalue weighted by Gasteiger charge is 2.09. The molecule has 0 aliphatic carbocycles. The summed E-state index contributed by atoms with van der Waals surface area (Å²) in [6.45, 7) is 2.86. The van der Waals surface area contributed by atoms with E-state index in [2.05, 4.69) is 5.10 Å². The van der Waals surface area contributed by atoms with E-state index in [0.717, 1.165) is 11.1 Å². The summed E-state index contributed by atoms with van der Waals surface area (Å²) in [6, 6.07) is 13.0. The van der Waals surface area contributed by atoms with Gasteiger partial charge in [-0.2, -0.15) is 5.10 Å². The number of nitrogens with zero attached hydrogens (tertiary/aromatic N) is 3. The fourth-order valence-corrected chi connectivity index (χ4v) is 2.77. The van der Waals surface area contributed by atoms with Crippen molar-refractivity contribution in [3.05, 3.63) is 87.7 Å². The molecule has 0 saturated carbocycles. The van der Waals surface area contributed by atoms with Crippen molar-refractivity contribution in [2.75, 3.05) is 7.11 Å². The van der Waals surface area contributed by atoms with E-state index in [4.69, 9.17) is 9.47 Å². The summed E-state index contributed by atoms with van der Waals surface area (Å²) >= 11 is 0. The minimum absolute atomic E-state index is 0.000465. The number of aromatic nitrogens is 2. The number of rotatable bonds is 9. The normalized spacial score (nSPS) is 10.9. The maximum atomic E-state index is 12.3. The fourth-order valence-electron chi connectivity index (χ4n) is 2.77. The molecule has 0 radical (unpaired) electrons. The van der Waals surface area contributed by atoms with Gasteiger partial charge >= 0.3 is 0 Å². The van der Waals surface area contributed by atoms with Crippen LogP contribution in [0.25, 0.3) is 6.08 Å². The lowest BCUT2D eigenvalue weighted by Gasteiger charge is -2.11. The summed E-state index contributed by atoms with van der Waals surface area (Å²) in [5.41, 5.74) is 1.98. The summed E-state index contributed by atoms with van der Waals surface area (Å²) in [4.78, 5) is 22.6. The van der Waals surface area contributed by atoms with Crippen LogP contribution in [0.2, 0.25) is 0 Å². The highest BCUT2D eigenvalue weighted by molar-refractivity contribution is 6.05. The van der Waals surface area contributed by atoms with Crippen molar-refractivity contribution in [2.24, 2.45) is 0 Å². The zero-order valence-electron chi connectivity index (χ0n) is 16.6. The molecule has 8 nitrogen and oxygen atoms in total. The molecule has 3 rings (SSSR count). The van der Waals surface area contributed by atoms with Gasteiger partial charge in [0, 0.05) is 30.4 Å². The number of ketones is 1.